The second-order valence-corrected chi connectivity index (χ2v) is 13.1. The summed E-state index contributed by atoms with van der Waals surface area (Å²) in [6.07, 6.45) is 2.02. The highest BCUT2D eigenvalue weighted by atomic mass is 32.1. The molecule has 2 fully saturated rings. The van der Waals surface area contributed by atoms with Crippen LogP contribution in [0.15, 0.2) is 48.0 Å². The van der Waals surface area contributed by atoms with Crippen LogP contribution >= 0.6 is 11.3 Å². The number of carboxylic acid groups (broad SMARTS) is 1. The van der Waals surface area contributed by atoms with Gasteiger partial charge in [0.15, 0.2) is 0 Å². The van der Waals surface area contributed by atoms with E-state index in [1.165, 1.54) is 16.2 Å². The largest absolute Gasteiger partial charge is 0.481 e. The second-order valence-electron chi connectivity index (χ2n) is 12.1. The maximum Gasteiger partial charge on any atom is 0.305 e. The van der Waals surface area contributed by atoms with Crippen LogP contribution in [0.25, 0.3) is 10.9 Å². The summed E-state index contributed by atoms with van der Waals surface area (Å²) >= 11 is 1.26. The molecule has 0 bridgehead atoms. The molecule has 46 heavy (non-hydrogen) atoms. The number of hydrogen-bond donors (Lipinski definition) is 6. The van der Waals surface area contributed by atoms with Gasteiger partial charge >= 0.3 is 5.97 Å². The summed E-state index contributed by atoms with van der Waals surface area (Å²) in [5.41, 5.74) is 1.54. The van der Waals surface area contributed by atoms with E-state index in [1.807, 2.05) is 38.1 Å². The van der Waals surface area contributed by atoms with E-state index in [4.69, 9.17) is 0 Å². The number of nitrogens with zero attached hydrogens (tertiary/aromatic N) is 1. The van der Waals surface area contributed by atoms with Crippen molar-refractivity contribution < 1.29 is 33.9 Å². The maximum absolute atomic E-state index is 13.9. The van der Waals surface area contributed by atoms with Gasteiger partial charge in [0.2, 0.25) is 29.5 Å². The van der Waals surface area contributed by atoms with E-state index in [0.29, 0.717) is 23.3 Å². The Hall–Kier alpha value is -4.72. The van der Waals surface area contributed by atoms with Gasteiger partial charge in [-0.05, 0) is 48.3 Å². The third-order valence-electron chi connectivity index (χ3n) is 8.28. The Morgan fingerprint density at radius 2 is 1.63 bits per heavy atom. The molecule has 5 rings (SSSR count). The second kappa shape index (κ2) is 14.1. The Morgan fingerprint density at radius 1 is 0.913 bits per heavy atom. The number of hydrogen-bond acceptors (Lipinski definition) is 7. The Labute approximate surface area is 269 Å². The molecule has 4 heterocycles. The Balaban J connectivity index is 1.55. The molecule has 5 amide bonds. The zero-order valence-corrected chi connectivity index (χ0v) is 26.4. The standard InChI is InChI=1S/C32H38N6O7S/c1-17(2)13-21-28(41)34-22(14-18-16-33-20-8-4-3-7-19(18)20)29(42)36-23(15-26(39)40)32(45)38-11-5-9-24(38)30(43)37-27(31(44)35-21)25-10-6-12-46-25/h3-4,6-8,10,12,16-17,21-24,27,33H,5,9,11,13-15H2,1-2H3,(H,34,41)(H,35,44)(H,36,42)(H,37,43)(H,39,40)/t21-,22+,23+,24-,27+/m0/s1. The van der Waals surface area contributed by atoms with Crippen LogP contribution in [0, 0.1) is 5.92 Å². The lowest BCUT2D eigenvalue weighted by Crippen LogP contribution is -2.58. The molecule has 14 heteroatoms. The fraction of sp³-hybridized carbons (Fsp3) is 0.438. The number of aliphatic carboxylic acids is 1. The van der Waals surface area contributed by atoms with E-state index in [-0.39, 0.29) is 25.3 Å². The first-order chi connectivity index (χ1) is 22.0. The Morgan fingerprint density at radius 3 is 2.35 bits per heavy atom. The van der Waals surface area contributed by atoms with Crippen LogP contribution in [-0.4, -0.2) is 81.2 Å². The minimum atomic E-state index is -1.50. The number of H-pyrrole nitrogens is 1. The minimum Gasteiger partial charge on any atom is -0.481 e. The van der Waals surface area contributed by atoms with Crippen molar-refractivity contribution in [3.63, 3.8) is 0 Å². The summed E-state index contributed by atoms with van der Waals surface area (Å²) in [4.78, 5) is 85.8. The van der Waals surface area contributed by atoms with Crippen LogP contribution in [0.4, 0.5) is 0 Å². The minimum absolute atomic E-state index is 0.0160. The molecule has 0 spiro atoms. The number of fused-ring (bicyclic) bond motifs is 2. The topological polar surface area (TPSA) is 190 Å². The van der Waals surface area contributed by atoms with Crippen LogP contribution < -0.4 is 21.3 Å². The van der Waals surface area contributed by atoms with Crippen molar-refractivity contribution in [2.45, 2.75) is 76.2 Å². The number of carboxylic acids is 1. The number of aromatic amines is 1. The van der Waals surface area contributed by atoms with Crippen molar-refractivity contribution in [3.05, 3.63) is 58.4 Å². The molecule has 2 saturated heterocycles. The number of benzene rings is 1. The first kappa shape index (κ1) is 32.7. The van der Waals surface area contributed by atoms with E-state index in [1.54, 1.807) is 23.7 Å². The number of aromatic nitrogens is 1. The normalized spacial score (nSPS) is 24.9. The van der Waals surface area contributed by atoms with Gasteiger partial charge in [0.25, 0.3) is 0 Å². The maximum atomic E-state index is 13.9. The number of carbonyl (C=O) groups is 6. The van der Waals surface area contributed by atoms with Gasteiger partial charge in [-0.1, -0.05) is 38.1 Å². The van der Waals surface area contributed by atoms with Crippen LogP contribution in [-0.2, 0) is 35.2 Å². The van der Waals surface area contributed by atoms with E-state index in [0.717, 1.165) is 10.9 Å². The summed E-state index contributed by atoms with van der Waals surface area (Å²) in [6, 6.07) is 4.97. The zero-order valence-electron chi connectivity index (χ0n) is 25.6. The molecule has 0 saturated carbocycles. The Kier molecular flexibility index (Phi) is 10.0. The van der Waals surface area contributed by atoms with Gasteiger partial charge in [-0.15, -0.1) is 11.3 Å². The predicted octanol–water partition coefficient (Wildman–Crippen LogP) is 1.61. The molecule has 2 aliphatic rings. The molecule has 0 radical (unpaired) electrons. The molecule has 3 aromatic rings. The SMILES string of the molecule is CC(C)C[C@@H]1NC(=O)[C@@H](c2cccs2)NC(=O)[C@@H]2CCCN2C(=O)[C@@H](CC(=O)O)NC(=O)[C@@H](Cc2c[nH]c3ccccc23)NC1=O. The molecule has 13 nitrogen and oxygen atoms in total. The molecule has 5 atom stereocenters. The number of carbonyl (C=O) groups excluding carboxylic acids is 5. The van der Waals surface area contributed by atoms with Crippen molar-refractivity contribution in [2.24, 2.45) is 5.92 Å². The van der Waals surface area contributed by atoms with Gasteiger partial charge in [0, 0.05) is 34.9 Å². The first-order valence-corrected chi connectivity index (χ1v) is 16.2. The zero-order chi connectivity index (χ0) is 33.0. The summed E-state index contributed by atoms with van der Waals surface area (Å²) in [7, 11) is 0. The number of amides is 5. The lowest BCUT2D eigenvalue weighted by molar-refractivity contribution is -0.146. The van der Waals surface area contributed by atoms with Gasteiger partial charge in [-0.25, -0.2) is 0 Å². The predicted molar refractivity (Wildman–Crippen MR) is 169 cm³/mol. The van der Waals surface area contributed by atoms with Gasteiger partial charge in [-0.3, -0.25) is 28.8 Å². The highest BCUT2D eigenvalue weighted by Gasteiger charge is 2.41. The molecule has 0 unspecified atom stereocenters. The Bertz CT molecular complexity index is 1620. The fourth-order valence-corrected chi connectivity index (χ4v) is 6.84. The smallest absolute Gasteiger partial charge is 0.305 e. The van der Waals surface area contributed by atoms with E-state index in [9.17, 15) is 33.9 Å². The van der Waals surface area contributed by atoms with E-state index >= 15 is 0 Å². The fourth-order valence-electron chi connectivity index (χ4n) is 6.07. The van der Waals surface area contributed by atoms with Crippen LogP contribution in [0.3, 0.4) is 0 Å². The highest BCUT2D eigenvalue weighted by molar-refractivity contribution is 7.10. The number of thiophene rings is 1. The molecular weight excluding hydrogens is 612 g/mol. The third kappa shape index (κ3) is 7.39. The van der Waals surface area contributed by atoms with E-state index < -0.39 is 72.1 Å². The number of para-hydroxylation sites is 1. The van der Waals surface area contributed by atoms with Crippen molar-refractivity contribution in [3.8, 4) is 0 Å². The summed E-state index contributed by atoms with van der Waals surface area (Å²) in [5.74, 6) is -4.66. The van der Waals surface area contributed by atoms with Crippen molar-refractivity contribution >= 4 is 57.7 Å². The highest BCUT2D eigenvalue weighted by Crippen LogP contribution is 2.25. The summed E-state index contributed by atoms with van der Waals surface area (Å²) < 4.78 is 0. The van der Waals surface area contributed by atoms with Crippen molar-refractivity contribution in [2.75, 3.05) is 6.54 Å². The first-order valence-electron chi connectivity index (χ1n) is 15.3. The number of nitrogens with one attached hydrogen (secondary N) is 5. The van der Waals surface area contributed by atoms with Gasteiger partial charge < -0.3 is 36.3 Å². The van der Waals surface area contributed by atoms with Gasteiger partial charge in [-0.2, -0.15) is 0 Å². The molecule has 244 valence electrons. The van der Waals surface area contributed by atoms with Crippen LogP contribution in [0.1, 0.15) is 56.0 Å². The number of rotatable bonds is 7. The average Bonchev–Trinajstić information content (AvgIpc) is 3.79. The van der Waals surface area contributed by atoms with Crippen molar-refractivity contribution in [1.82, 2.24) is 31.2 Å². The summed E-state index contributed by atoms with van der Waals surface area (Å²) in [6.45, 7) is 3.95. The molecule has 1 aromatic carbocycles. The molecule has 2 aliphatic heterocycles. The quantitative estimate of drug-likeness (QED) is 0.224. The third-order valence-corrected chi connectivity index (χ3v) is 9.22. The summed E-state index contributed by atoms with van der Waals surface area (Å²) in [5, 5.41) is 23.2. The lowest BCUT2D eigenvalue weighted by Gasteiger charge is -2.29. The molecule has 0 aliphatic carbocycles. The molecule has 6 N–H and O–H groups in total. The van der Waals surface area contributed by atoms with Crippen LogP contribution in [0.5, 0.6) is 0 Å². The van der Waals surface area contributed by atoms with Gasteiger partial charge in [0.1, 0.15) is 30.2 Å². The van der Waals surface area contributed by atoms with Crippen LogP contribution in [0.2, 0.25) is 0 Å². The van der Waals surface area contributed by atoms with E-state index in [2.05, 4.69) is 26.3 Å². The monoisotopic (exact) mass is 650 g/mol. The molecule has 2 aromatic heterocycles. The lowest BCUT2D eigenvalue weighted by atomic mass is 10.00. The molecular formula is C32H38N6O7S. The van der Waals surface area contributed by atoms with Crippen molar-refractivity contribution in [1.29, 1.82) is 0 Å². The average molecular weight is 651 g/mol. The van der Waals surface area contributed by atoms with Gasteiger partial charge in [0.05, 0.1) is 6.42 Å².